The van der Waals surface area contributed by atoms with Crippen LogP contribution in [0.3, 0.4) is 0 Å². The van der Waals surface area contributed by atoms with Crippen molar-refractivity contribution in [2.24, 2.45) is 5.73 Å². The first-order chi connectivity index (χ1) is 10.2. The highest BCUT2D eigenvalue weighted by molar-refractivity contribution is 5.82. The second kappa shape index (κ2) is 6.16. The second-order valence-corrected chi connectivity index (χ2v) is 6.16. The van der Waals surface area contributed by atoms with Crippen molar-refractivity contribution in [1.29, 1.82) is 0 Å². The van der Waals surface area contributed by atoms with Gasteiger partial charge < -0.3 is 15.4 Å². The lowest BCUT2D eigenvalue weighted by Crippen LogP contribution is -2.39. The van der Waals surface area contributed by atoms with Crippen LogP contribution in [0.15, 0.2) is 24.3 Å². The number of hydrogen-bond acceptors (Lipinski definition) is 3. The van der Waals surface area contributed by atoms with Gasteiger partial charge >= 0.3 is 0 Å². The fourth-order valence-electron chi connectivity index (χ4n) is 3.41. The third kappa shape index (κ3) is 2.97. The number of carbonyl (C=O) groups excluding carboxylic acids is 1. The van der Waals surface area contributed by atoms with E-state index in [1.807, 2.05) is 4.90 Å². The van der Waals surface area contributed by atoms with Crippen molar-refractivity contribution in [1.82, 2.24) is 4.90 Å². The minimum absolute atomic E-state index is 0.0550. The quantitative estimate of drug-likeness (QED) is 0.927. The molecule has 0 spiro atoms. The molecule has 1 amide bonds. The van der Waals surface area contributed by atoms with Gasteiger partial charge in [0.05, 0.1) is 12.1 Å². The molecule has 2 fully saturated rings. The first kappa shape index (κ1) is 14.5. The Morgan fingerprint density at radius 1 is 1.29 bits per heavy atom. The van der Waals surface area contributed by atoms with Gasteiger partial charge in [0.2, 0.25) is 0 Å². The maximum Gasteiger partial charge on any atom is 0.252 e. The first-order valence-corrected chi connectivity index (χ1v) is 7.91. The van der Waals surface area contributed by atoms with Gasteiger partial charge in [-0.3, -0.25) is 4.79 Å². The molecule has 2 aliphatic rings. The summed E-state index contributed by atoms with van der Waals surface area (Å²) < 4.78 is 5.77. The lowest BCUT2D eigenvalue weighted by molar-refractivity contribution is -0.143. The Kier molecular flexibility index (Phi) is 4.27. The molecule has 0 radical (unpaired) electrons. The van der Waals surface area contributed by atoms with E-state index in [9.17, 15) is 4.79 Å². The van der Waals surface area contributed by atoms with Gasteiger partial charge in [0, 0.05) is 13.1 Å². The molecule has 114 valence electrons. The van der Waals surface area contributed by atoms with Crippen LogP contribution < -0.4 is 5.73 Å². The molecule has 2 heterocycles. The number of nitrogens with zero attached hydrogens (tertiary/aromatic N) is 1. The molecule has 0 aromatic heterocycles. The summed E-state index contributed by atoms with van der Waals surface area (Å²) in [6, 6.07) is 8.73. The number of aryl methyl sites for hydroxylation is 1. The maximum absolute atomic E-state index is 12.7. The lowest BCUT2D eigenvalue weighted by Gasteiger charge is -2.27. The molecule has 2 saturated heterocycles. The predicted octanol–water partition coefficient (Wildman–Crippen LogP) is 2.16. The average molecular weight is 288 g/mol. The highest BCUT2D eigenvalue weighted by Crippen LogP contribution is 2.34. The normalized spacial score (nSPS) is 29.0. The first-order valence-electron chi connectivity index (χ1n) is 7.91. The Hall–Kier alpha value is -1.39. The maximum atomic E-state index is 12.7. The zero-order valence-electron chi connectivity index (χ0n) is 12.6. The van der Waals surface area contributed by atoms with Crippen LogP contribution in [0.2, 0.25) is 0 Å². The molecule has 3 atom stereocenters. The summed E-state index contributed by atoms with van der Waals surface area (Å²) in [5, 5.41) is 0. The van der Waals surface area contributed by atoms with Gasteiger partial charge in [-0.1, -0.05) is 29.8 Å². The molecule has 4 heteroatoms. The van der Waals surface area contributed by atoms with Crippen molar-refractivity contribution in [2.75, 3.05) is 13.1 Å². The van der Waals surface area contributed by atoms with Crippen LogP contribution in [-0.2, 0) is 9.53 Å². The minimum atomic E-state index is -0.287. The van der Waals surface area contributed by atoms with E-state index in [0.717, 1.165) is 32.2 Å². The van der Waals surface area contributed by atoms with Gasteiger partial charge in [0.1, 0.15) is 6.10 Å². The monoisotopic (exact) mass is 288 g/mol. The average Bonchev–Trinajstić information content (AvgIpc) is 3.16. The molecule has 1 aromatic rings. The standard InChI is InChI=1S/C17H24N2O2/c1-12-4-6-13(7-5-12)15-3-2-10-19(15)17(20)16-9-8-14(11-18)21-16/h4-7,14-16H,2-3,8-11,18H2,1H3/t14-,15?,16+/m1/s1. The van der Waals surface area contributed by atoms with Crippen LogP contribution >= 0.6 is 0 Å². The highest BCUT2D eigenvalue weighted by Gasteiger charge is 2.37. The number of carbonyl (C=O) groups is 1. The Balaban J connectivity index is 1.72. The van der Waals surface area contributed by atoms with Crippen molar-refractivity contribution in [3.05, 3.63) is 35.4 Å². The molecule has 4 nitrogen and oxygen atoms in total. The zero-order chi connectivity index (χ0) is 14.8. The topological polar surface area (TPSA) is 55.6 Å². The third-order valence-electron chi connectivity index (χ3n) is 4.64. The Morgan fingerprint density at radius 3 is 2.71 bits per heavy atom. The number of benzene rings is 1. The number of ether oxygens (including phenoxy) is 1. The van der Waals surface area contributed by atoms with Crippen LogP contribution in [0.5, 0.6) is 0 Å². The van der Waals surface area contributed by atoms with Gasteiger partial charge in [-0.15, -0.1) is 0 Å². The number of likely N-dealkylation sites (tertiary alicyclic amines) is 1. The summed E-state index contributed by atoms with van der Waals surface area (Å²) in [5.74, 6) is 0.147. The number of amides is 1. The van der Waals surface area contributed by atoms with E-state index in [1.165, 1.54) is 11.1 Å². The van der Waals surface area contributed by atoms with Crippen LogP contribution in [0.4, 0.5) is 0 Å². The molecule has 2 N–H and O–H groups in total. The van der Waals surface area contributed by atoms with Crippen molar-refractivity contribution in [2.45, 2.75) is 50.9 Å². The molecular formula is C17H24N2O2. The molecular weight excluding hydrogens is 264 g/mol. The van der Waals surface area contributed by atoms with Gasteiger partial charge in [0.25, 0.3) is 5.91 Å². The predicted molar refractivity (Wildman–Crippen MR) is 81.8 cm³/mol. The van der Waals surface area contributed by atoms with Crippen molar-refractivity contribution < 1.29 is 9.53 Å². The van der Waals surface area contributed by atoms with E-state index in [1.54, 1.807) is 0 Å². The van der Waals surface area contributed by atoms with Gasteiger partial charge in [-0.25, -0.2) is 0 Å². The fraction of sp³-hybridized carbons (Fsp3) is 0.588. The summed E-state index contributed by atoms with van der Waals surface area (Å²) in [4.78, 5) is 14.7. The third-order valence-corrected chi connectivity index (χ3v) is 4.64. The van der Waals surface area contributed by atoms with Crippen LogP contribution in [-0.4, -0.2) is 36.1 Å². The number of rotatable bonds is 3. The molecule has 0 aliphatic carbocycles. The van der Waals surface area contributed by atoms with Crippen LogP contribution in [0, 0.1) is 6.92 Å². The smallest absolute Gasteiger partial charge is 0.252 e. The van der Waals surface area contributed by atoms with Gasteiger partial charge in [-0.05, 0) is 38.2 Å². The summed E-state index contributed by atoms with van der Waals surface area (Å²) in [6.45, 7) is 3.43. The van der Waals surface area contributed by atoms with Crippen molar-refractivity contribution >= 4 is 5.91 Å². The summed E-state index contributed by atoms with van der Waals surface area (Å²) in [6.07, 6.45) is 3.58. The molecule has 0 bridgehead atoms. The molecule has 0 saturated carbocycles. The molecule has 3 rings (SSSR count). The number of nitrogens with two attached hydrogens (primary N) is 1. The molecule has 2 aliphatic heterocycles. The van der Waals surface area contributed by atoms with Crippen molar-refractivity contribution in [3.8, 4) is 0 Å². The van der Waals surface area contributed by atoms with Crippen molar-refractivity contribution in [3.63, 3.8) is 0 Å². The highest BCUT2D eigenvalue weighted by atomic mass is 16.5. The zero-order valence-corrected chi connectivity index (χ0v) is 12.6. The Labute approximate surface area is 126 Å². The van der Waals surface area contributed by atoms with Crippen LogP contribution in [0.25, 0.3) is 0 Å². The van der Waals surface area contributed by atoms with E-state index in [4.69, 9.17) is 10.5 Å². The molecule has 1 unspecified atom stereocenters. The number of hydrogen-bond donors (Lipinski definition) is 1. The molecule has 1 aromatic carbocycles. The fourth-order valence-corrected chi connectivity index (χ4v) is 3.41. The van der Waals surface area contributed by atoms with E-state index < -0.39 is 0 Å². The van der Waals surface area contributed by atoms with Gasteiger partial charge in [0.15, 0.2) is 0 Å². The van der Waals surface area contributed by atoms with Crippen LogP contribution in [0.1, 0.15) is 42.9 Å². The summed E-state index contributed by atoms with van der Waals surface area (Å²) >= 11 is 0. The summed E-state index contributed by atoms with van der Waals surface area (Å²) in [7, 11) is 0. The Morgan fingerprint density at radius 2 is 2.05 bits per heavy atom. The van der Waals surface area contributed by atoms with E-state index in [-0.39, 0.29) is 24.2 Å². The minimum Gasteiger partial charge on any atom is -0.364 e. The largest absolute Gasteiger partial charge is 0.364 e. The Bertz CT molecular complexity index is 500. The van der Waals surface area contributed by atoms with E-state index >= 15 is 0 Å². The van der Waals surface area contributed by atoms with E-state index in [0.29, 0.717) is 6.54 Å². The second-order valence-electron chi connectivity index (χ2n) is 6.16. The van der Waals surface area contributed by atoms with E-state index in [2.05, 4.69) is 31.2 Å². The van der Waals surface area contributed by atoms with Gasteiger partial charge in [-0.2, -0.15) is 0 Å². The SMILES string of the molecule is Cc1ccc(C2CCCN2C(=O)[C@@H]2CC[C@H](CN)O2)cc1. The molecule has 21 heavy (non-hydrogen) atoms. The lowest BCUT2D eigenvalue weighted by atomic mass is 10.0. The summed E-state index contributed by atoms with van der Waals surface area (Å²) in [5.41, 5.74) is 8.12.